The second-order valence-corrected chi connectivity index (χ2v) is 4.91. The van der Waals surface area contributed by atoms with Crippen LogP contribution >= 0.6 is 0 Å². The number of fused-ring (bicyclic) bond motifs is 1. The average Bonchev–Trinajstić information content (AvgIpc) is 2.83. The molecule has 0 bridgehead atoms. The first kappa shape index (κ1) is 13.2. The Labute approximate surface area is 122 Å². The van der Waals surface area contributed by atoms with Gasteiger partial charge in [0.2, 0.25) is 5.78 Å². The average molecular weight is 277 g/mol. The van der Waals surface area contributed by atoms with E-state index in [9.17, 15) is 4.79 Å². The summed E-state index contributed by atoms with van der Waals surface area (Å²) in [5.41, 5.74) is 3.32. The van der Waals surface area contributed by atoms with Gasteiger partial charge in [-0.25, -0.2) is 0 Å². The number of aromatic nitrogens is 3. The van der Waals surface area contributed by atoms with E-state index < -0.39 is 0 Å². The molecule has 0 atom stereocenters. The Morgan fingerprint density at radius 2 is 2.05 bits per heavy atom. The van der Waals surface area contributed by atoms with Gasteiger partial charge < -0.3 is 0 Å². The van der Waals surface area contributed by atoms with Gasteiger partial charge in [-0.05, 0) is 36.8 Å². The van der Waals surface area contributed by atoms with Crippen LogP contribution in [-0.4, -0.2) is 20.5 Å². The van der Waals surface area contributed by atoms with E-state index in [2.05, 4.69) is 10.1 Å². The number of carbonyl (C=O) groups is 1. The van der Waals surface area contributed by atoms with Crippen LogP contribution in [0, 0.1) is 6.92 Å². The van der Waals surface area contributed by atoms with Crippen molar-refractivity contribution in [1.82, 2.24) is 14.8 Å². The van der Waals surface area contributed by atoms with E-state index in [1.54, 1.807) is 30.1 Å². The van der Waals surface area contributed by atoms with E-state index >= 15 is 0 Å². The summed E-state index contributed by atoms with van der Waals surface area (Å²) in [5.74, 6) is -0.0565. The molecule has 2 aromatic heterocycles. The number of nitrogens with zero attached hydrogens (tertiary/aromatic N) is 3. The SMILES string of the molecule is Cc1cc(C(=O)/C=C/c2ccnc3ccccc23)n(C)n1. The third-order valence-corrected chi connectivity index (χ3v) is 3.35. The summed E-state index contributed by atoms with van der Waals surface area (Å²) in [4.78, 5) is 16.5. The molecule has 0 saturated heterocycles. The number of ketones is 1. The summed E-state index contributed by atoms with van der Waals surface area (Å²) in [6.07, 6.45) is 5.16. The maximum Gasteiger partial charge on any atom is 0.203 e. The van der Waals surface area contributed by atoms with Gasteiger partial charge in [-0.15, -0.1) is 0 Å². The number of rotatable bonds is 3. The normalized spacial score (nSPS) is 11.3. The maximum atomic E-state index is 12.2. The van der Waals surface area contributed by atoms with E-state index in [0.717, 1.165) is 22.2 Å². The predicted molar refractivity (Wildman–Crippen MR) is 83.1 cm³/mol. The monoisotopic (exact) mass is 277 g/mol. The van der Waals surface area contributed by atoms with Crippen molar-refractivity contribution in [3.63, 3.8) is 0 Å². The number of allylic oxidation sites excluding steroid dienone is 1. The molecule has 1 aromatic carbocycles. The first-order valence-electron chi connectivity index (χ1n) is 6.72. The Hall–Kier alpha value is -2.75. The van der Waals surface area contributed by atoms with Crippen LogP contribution in [0.25, 0.3) is 17.0 Å². The van der Waals surface area contributed by atoms with Gasteiger partial charge in [0.1, 0.15) is 5.69 Å². The highest BCUT2D eigenvalue weighted by molar-refractivity contribution is 6.06. The molecule has 0 aliphatic rings. The smallest absolute Gasteiger partial charge is 0.203 e. The molecule has 104 valence electrons. The van der Waals surface area contributed by atoms with Gasteiger partial charge in [-0.2, -0.15) is 5.10 Å². The van der Waals surface area contributed by atoms with E-state index in [1.807, 2.05) is 43.3 Å². The molecule has 0 aliphatic carbocycles. The van der Waals surface area contributed by atoms with Crippen LogP contribution in [0.4, 0.5) is 0 Å². The van der Waals surface area contributed by atoms with Gasteiger partial charge in [0.25, 0.3) is 0 Å². The lowest BCUT2D eigenvalue weighted by Gasteiger charge is -2.01. The third-order valence-electron chi connectivity index (χ3n) is 3.35. The topological polar surface area (TPSA) is 47.8 Å². The summed E-state index contributed by atoms with van der Waals surface area (Å²) in [5, 5.41) is 5.22. The molecule has 0 saturated carbocycles. The Morgan fingerprint density at radius 3 is 2.81 bits per heavy atom. The second kappa shape index (κ2) is 5.32. The lowest BCUT2D eigenvalue weighted by Crippen LogP contribution is -2.03. The van der Waals surface area contributed by atoms with Gasteiger partial charge in [0, 0.05) is 18.6 Å². The van der Waals surface area contributed by atoms with Gasteiger partial charge >= 0.3 is 0 Å². The number of hydrogen-bond donors (Lipinski definition) is 0. The molecule has 0 unspecified atom stereocenters. The van der Waals surface area contributed by atoms with Crippen LogP contribution in [-0.2, 0) is 7.05 Å². The number of hydrogen-bond acceptors (Lipinski definition) is 3. The maximum absolute atomic E-state index is 12.2. The molecule has 0 spiro atoms. The number of benzene rings is 1. The summed E-state index contributed by atoms with van der Waals surface area (Å²) >= 11 is 0. The Morgan fingerprint density at radius 1 is 1.24 bits per heavy atom. The fourth-order valence-electron chi connectivity index (χ4n) is 2.36. The standard InChI is InChI=1S/C17H15N3O/c1-12-11-16(20(2)19-12)17(21)8-7-13-9-10-18-15-6-4-3-5-14(13)15/h3-11H,1-2H3/b8-7+. The Bertz CT molecular complexity index is 841. The zero-order valence-corrected chi connectivity index (χ0v) is 11.9. The molecular formula is C17H15N3O. The predicted octanol–water partition coefficient (Wildman–Crippen LogP) is 3.17. The molecule has 3 aromatic rings. The molecule has 0 amide bonds. The van der Waals surface area contributed by atoms with E-state index in [1.165, 1.54) is 0 Å². The molecule has 0 N–H and O–H groups in total. The molecule has 0 fully saturated rings. The number of pyridine rings is 1. The highest BCUT2D eigenvalue weighted by Crippen LogP contribution is 2.17. The van der Waals surface area contributed by atoms with Crippen molar-refractivity contribution in [3.05, 3.63) is 65.6 Å². The molecule has 4 nitrogen and oxygen atoms in total. The fraction of sp³-hybridized carbons (Fsp3) is 0.118. The quantitative estimate of drug-likeness (QED) is 0.545. The first-order valence-corrected chi connectivity index (χ1v) is 6.72. The summed E-state index contributed by atoms with van der Waals surface area (Å²) < 4.78 is 1.60. The Kier molecular flexibility index (Phi) is 3.36. The minimum atomic E-state index is -0.0565. The highest BCUT2D eigenvalue weighted by atomic mass is 16.1. The van der Waals surface area contributed by atoms with Gasteiger partial charge in [-0.3, -0.25) is 14.5 Å². The lowest BCUT2D eigenvalue weighted by molar-refractivity contribution is 0.103. The largest absolute Gasteiger partial charge is 0.288 e. The van der Waals surface area contributed by atoms with Crippen molar-refractivity contribution in [2.24, 2.45) is 7.05 Å². The summed E-state index contributed by atoms with van der Waals surface area (Å²) in [6, 6.07) is 11.6. The van der Waals surface area contributed by atoms with Crippen molar-refractivity contribution >= 4 is 22.8 Å². The van der Waals surface area contributed by atoms with E-state index in [4.69, 9.17) is 0 Å². The van der Waals surface area contributed by atoms with Crippen LogP contribution in [0.3, 0.4) is 0 Å². The van der Waals surface area contributed by atoms with Gasteiger partial charge in [0.05, 0.1) is 11.2 Å². The number of para-hydroxylation sites is 1. The van der Waals surface area contributed by atoms with Crippen LogP contribution in [0.5, 0.6) is 0 Å². The Balaban J connectivity index is 1.95. The number of aryl methyl sites for hydroxylation is 2. The van der Waals surface area contributed by atoms with Crippen molar-refractivity contribution in [2.45, 2.75) is 6.92 Å². The summed E-state index contributed by atoms with van der Waals surface area (Å²) in [6.45, 7) is 1.87. The molecule has 2 heterocycles. The number of carbonyl (C=O) groups excluding carboxylic acids is 1. The van der Waals surface area contributed by atoms with Crippen molar-refractivity contribution in [3.8, 4) is 0 Å². The first-order chi connectivity index (χ1) is 10.1. The van der Waals surface area contributed by atoms with Crippen molar-refractivity contribution in [1.29, 1.82) is 0 Å². The van der Waals surface area contributed by atoms with Crippen LogP contribution in [0.15, 0.2) is 48.7 Å². The minimum Gasteiger partial charge on any atom is -0.288 e. The fourth-order valence-corrected chi connectivity index (χ4v) is 2.36. The van der Waals surface area contributed by atoms with Gasteiger partial charge in [-0.1, -0.05) is 24.3 Å². The zero-order valence-electron chi connectivity index (χ0n) is 11.9. The zero-order chi connectivity index (χ0) is 14.8. The molecule has 0 radical (unpaired) electrons. The molecule has 0 aliphatic heterocycles. The van der Waals surface area contributed by atoms with E-state index in [0.29, 0.717) is 5.69 Å². The molecule has 21 heavy (non-hydrogen) atoms. The molecular weight excluding hydrogens is 262 g/mol. The minimum absolute atomic E-state index is 0.0565. The van der Waals surface area contributed by atoms with Gasteiger partial charge in [0.15, 0.2) is 0 Å². The van der Waals surface area contributed by atoms with Crippen LogP contribution < -0.4 is 0 Å². The highest BCUT2D eigenvalue weighted by Gasteiger charge is 2.08. The third kappa shape index (κ3) is 2.60. The van der Waals surface area contributed by atoms with E-state index in [-0.39, 0.29) is 5.78 Å². The van der Waals surface area contributed by atoms with Crippen LogP contribution in [0.1, 0.15) is 21.7 Å². The van der Waals surface area contributed by atoms with Crippen molar-refractivity contribution in [2.75, 3.05) is 0 Å². The summed E-state index contributed by atoms with van der Waals surface area (Å²) in [7, 11) is 1.77. The molecule has 3 rings (SSSR count). The lowest BCUT2D eigenvalue weighted by atomic mass is 10.1. The van der Waals surface area contributed by atoms with Crippen LogP contribution in [0.2, 0.25) is 0 Å². The molecule has 4 heteroatoms. The second-order valence-electron chi connectivity index (χ2n) is 4.91. The van der Waals surface area contributed by atoms with Crippen molar-refractivity contribution < 1.29 is 4.79 Å².